The maximum atomic E-state index is 3.81. The third-order valence-electron chi connectivity index (χ3n) is 4.83. The molecule has 1 N–H and O–H groups in total. The fraction of sp³-hybridized carbons (Fsp3) is 0.667. The lowest BCUT2D eigenvalue weighted by atomic mass is 9.87. The van der Waals surface area contributed by atoms with Gasteiger partial charge in [-0.05, 0) is 51.0 Å². The summed E-state index contributed by atoms with van der Waals surface area (Å²) in [5.74, 6) is 0. The van der Waals surface area contributed by atoms with E-state index in [1.54, 1.807) is 0 Å². The van der Waals surface area contributed by atoms with Crippen LogP contribution in [0.2, 0.25) is 0 Å². The van der Waals surface area contributed by atoms with E-state index in [0.717, 1.165) is 6.54 Å². The lowest BCUT2D eigenvalue weighted by Crippen LogP contribution is -2.40. The van der Waals surface area contributed by atoms with Gasteiger partial charge < -0.3 is 5.32 Å². The Balaban J connectivity index is 2.00. The Morgan fingerprint density at radius 1 is 1.20 bits per heavy atom. The van der Waals surface area contributed by atoms with Crippen LogP contribution in [0.25, 0.3) is 0 Å². The molecule has 0 bridgehead atoms. The van der Waals surface area contributed by atoms with Crippen molar-refractivity contribution in [2.45, 2.75) is 63.7 Å². The molecule has 0 spiro atoms. The molecule has 0 heterocycles. The smallest absolute Gasteiger partial charge is 0.0295 e. The second-order valence-corrected chi connectivity index (χ2v) is 7.68. The molecule has 1 saturated carbocycles. The molecular formula is C18H29NS. The van der Waals surface area contributed by atoms with Crippen molar-refractivity contribution in [2.24, 2.45) is 0 Å². The van der Waals surface area contributed by atoms with E-state index in [0.29, 0.717) is 10.8 Å². The van der Waals surface area contributed by atoms with E-state index in [1.165, 1.54) is 48.8 Å². The summed E-state index contributed by atoms with van der Waals surface area (Å²) in [4.78, 5) is 0. The fourth-order valence-corrected chi connectivity index (χ4v) is 4.25. The largest absolute Gasteiger partial charge is 0.309 e. The van der Waals surface area contributed by atoms with Crippen molar-refractivity contribution in [1.29, 1.82) is 0 Å². The third kappa shape index (κ3) is 3.79. The molecule has 1 nitrogen and oxygen atoms in total. The summed E-state index contributed by atoms with van der Waals surface area (Å²) in [6, 6.07) is 7.23. The van der Waals surface area contributed by atoms with Gasteiger partial charge >= 0.3 is 0 Å². The highest BCUT2D eigenvalue weighted by molar-refractivity contribution is 8.00. The molecule has 0 amide bonds. The Labute approximate surface area is 128 Å². The zero-order chi connectivity index (χ0) is 14.6. The van der Waals surface area contributed by atoms with Gasteiger partial charge in [-0.3, -0.25) is 0 Å². The Morgan fingerprint density at radius 2 is 1.90 bits per heavy atom. The van der Waals surface area contributed by atoms with Crippen molar-refractivity contribution < 1.29 is 0 Å². The molecule has 1 fully saturated rings. The van der Waals surface area contributed by atoms with Gasteiger partial charge in [0.05, 0.1) is 0 Å². The molecule has 0 radical (unpaired) electrons. The van der Waals surface area contributed by atoms with Gasteiger partial charge in [0, 0.05) is 17.3 Å². The van der Waals surface area contributed by atoms with E-state index in [2.05, 4.69) is 62.3 Å². The zero-order valence-corrected chi connectivity index (χ0v) is 14.3. The van der Waals surface area contributed by atoms with Gasteiger partial charge in [-0.2, -0.15) is 11.8 Å². The van der Waals surface area contributed by atoms with Crippen LogP contribution < -0.4 is 5.32 Å². The summed E-state index contributed by atoms with van der Waals surface area (Å²) in [5, 5.41) is 3.81. The van der Waals surface area contributed by atoms with Gasteiger partial charge in [-0.25, -0.2) is 0 Å². The molecule has 1 aromatic rings. The maximum Gasteiger partial charge on any atom is 0.0295 e. The van der Waals surface area contributed by atoms with Gasteiger partial charge in [0.2, 0.25) is 0 Å². The first kappa shape index (κ1) is 15.9. The molecule has 1 aromatic carbocycles. The average molecular weight is 292 g/mol. The van der Waals surface area contributed by atoms with E-state index in [4.69, 9.17) is 0 Å². The Hall–Kier alpha value is -0.470. The molecule has 0 saturated heterocycles. The molecule has 0 aromatic heterocycles. The molecule has 1 aliphatic carbocycles. The summed E-state index contributed by atoms with van der Waals surface area (Å²) in [6.45, 7) is 7.85. The third-order valence-corrected chi connectivity index (χ3v) is 6.25. The van der Waals surface area contributed by atoms with Gasteiger partial charge in [0.25, 0.3) is 0 Å². The topological polar surface area (TPSA) is 12.0 Å². The molecule has 20 heavy (non-hydrogen) atoms. The molecule has 1 unspecified atom stereocenters. The predicted molar refractivity (Wildman–Crippen MR) is 91.7 cm³/mol. The monoisotopic (exact) mass is 291 g/mol. The van der Waals surface area contributed by atoms with Crippen molar-refractivity contribution in [3.63, 3.8) is 0 Å². The van der Waals surface area contributed by atoms with Crippen molar-refractivity contribution in [2.75, 3.05) is 12.8 Å². The van der Waals surface area contributed by atoms with Crippen molar-refractivity contribution in [3.05, 3.63) is 34.9 Å². The molecule has 112 valence electrons. The zero-order valence-electron chi connectivity index (χ0n) is 13.5. The summed E-state index contributed by atoms with van der Waals surface area (Å²) in [6.07, 6.45) is 9.27. The minimum absolute atomic E-state index is 0.445. The number of rotatable bonds is 5. The molecule has 1 atom stereocenters. The standard InChI is InChI=1S/C18H29NS/c1-14-8-9-15(2)17(12-14)16(3)19-13-18(20-4)10-6-5-7-11-18/h8-9,12,16,19H,5-7,10-11,13H2,1-4H3. The molecular weight excluding hydrogens is 262 g/mol. The molecule has 0 aliphatic heterocycles. The first-order valence-corrected chi connectivity index (χ1v) is 9.14. The van der Waals surface area contributed by atoms with Crippen LogP contribution in [0.4, 0.5) is 0 Å². The van der Waals surface area contributed by atoms with Crippen LogP contribution in [0.5, 0.6) is 0 Å². The van der Waals surface area contributed by atoms with Crippen LogP contribution in [0, 0.1) is 13.8 Å². The highest BCUT2D eigenvalue weighted by Crippen LogP contribution is 2.38. The van der Waals surface area contributed by atoms with Crippen LogP contribution in [-0.2, 0) is 0 Å². The summed E-state index contributed by atoms with van der Waals surface area (Å²) < 4.78 is 0.476. The van der Waals surface area contributed by atoms with E-state index in [9.17, 15) is 0 Å². The summed E-state index contributed by atoms with van der Waals surface area (Å²) in [5.41, 5.74) is 4.21. The number of aryl methyl sites for hydroxylation is 2. The Kier molecular flexibility index (Phi) is 5.57. The SMILES string of the molecule is CSC1(CNC(C)c2cc(C)ccc2C)CCCCC1. The number of benzene rings is 1. The highest BCUT2D eigenvalue weighted by Gasteiger charge is 2.31. The van der Waals surface area contributed by atoms with Crippen LogP contribution in [0.15, 0.2) is 18.2 Å². The van der Waals surface area contributed by atoms with E-state index < -0.39 is 0 Å². The van der Waals surface area contributed by atoms with Crippen molar-refractivity contribution in [1.82, 2.24) is 5.32 Å². The Morgan fingerprint density at radius 3 is 2.55 bits per heavy atom. The normalized spacial score (nSPS) is 19.8. The van der Waals surface area contributed by atoms with Crippen LogP contribution in [0.3, 0.4) is 0 Å². The highest BCUT2D eigenvalue weighted by atomic mass is 32.2. The number of hydrogen-bond donors (Lipinski definition) is 1. The fourth-order valence-electron chi connectivity index (χ4n) is 3.32. The number of hydrogen-bond acceptors (Lipinski definition) is 2. The van der Waals surface area contributed by atoms with Crippen molar-refractivity contribution >= 4 is 11.8 Å². The maximum absolute atomic E-state index is 3.81. The molecule has 2 heteroatoms. The van der Waals surface area contributed by atoms with E-state index in [-0.39, 0.29) is 0 Å². The van der Waals surface area contributed by atoms with Gasteiger partial charge in [-0.1, -0.05) is 43.0 Å². The molecule has 2 rings (SSSR count). The van der Waals surface area contributed by atoms with E-state index >= 15 is 0 Å². The second-order valence-electron chi connectivity index (χ2n) is 6.41. The minimum Gasteiger partial charge on any atom is -0.309 e. The van der Waals surface area contributed by atoms with Gasteiger partial charge in [0.1, 0.15) is 0 Å². The molecule has 1 aliphatic rings. The van der Waals surface area contributed by atoms with Crippen LogP contribution in [-0.4, -0.2) is 17.5 Å². The lowest BCUT2D eigenvalue weighted by molar-refractivity contribution is 0.367. The van der Waals surface area contributed by atoms with Crippen LogP contribution in [0.1, 0.15) is 61.8 Å². The first-order chi connectivity index (χ1) is 9.56. The second kappa shape index (κ2) is 7.00. The van der Waals surface area contributed by atoms with Gasteiger partial charge in [-0.15, -0.1) is 0 Å². The summed E-state index contributed by atoms with van der Waals surface area (Å²) in [7, 11) is 0. The summed E-state index contributed by atoms with van der Waals surface area (Å²) >= 11 is 2.08. The van der Waals surface area contributed by atoms with Gasteiger partial charge in [0.15, 0.2) is 0 Å². The number of nitrogens with one attached hydrogen (secondary N) is 1. The van der Waals surface area contributed by atoms with E-state index in [1.807, 2.05) is 0 Å². The first-order valence-electron chi connectivity index (χ1n) is 7.92. The van der Waals surface area contributed by atoms with Crippen molar-refractivity contribution in [3.8, 4) is 0 Å². The average Bonchev–Trinajstić information content (AvgIpc) is 2.48. The minimum atomic E-state index is 0.445. The van der Waals surface area contributed by atoms with Crippen LogP contribution >= 0.6 is 11.8 Å². The Bertz CT molecular complexity index is 435. The quantitative estimate of drug-likeness (QED) is 0.817. The lowest BCUT2D eigenvalue weighted by Gasteiger charge is -2.37. The predicted octanol–water partition coefficient (Wildman–Crippen LogP) is 5.02. The number of thioether (sulfide) groups is 1.